The number of halogens is 1. The average molecular weight is 362 g/mol. The molecule has 0 saturated carbocycles. The van der Waals surface area contributed by atoms with Gasteiger partial charge in [-0.25, -0.2) is 4.98 Å². The minimum absolute atomic E-state index is 0.189. The second-order valence-electron chi connectivity index (χ2n) is 4.47. The summed E-state index contributed by atoms with van der Waals surface area (Å²) in [6.45, 7) is 3.10. The molecule has 0 spiro atoms. The zero-order chi connectivity index (χ0) is 16.5. The highest BCUT2D eigenvalue weighted by molar-refractivity contribution is 9.10. The Labute approximate surface area is 138 Å². The van der Waals surface area contributed by atoms with E-state index in [1.807, 2.05) is 19.1 Å². The second-order valence-corrected chi connectivity index (χ2v) is 5.38. The van der Waals surface area contributed by atoms with Crippen molar-refractivity contribution in [2.75, 3.05) is 18.5 Å². The molecule has 0 atom stereocenters. The number of aromatic nitrogens is 1. The van der Waals surface area contributed by atoms with Gasteiger partial charge in [-0.1, -0.05) is 0 Å². The van der Waals surface area contributed by atoms with Crippen molar-refractivity contribution in [1.29, 1.82) is 5.26 Å². The average Bonchev–Trinajstić information content (AvgIpc) is 2.91. The van der Waals surface area contributed by atoms with Gasteiger partial charge in [0.25, 0.3) is 0 Å². The van der Waals surface area contributed by atoms with Crippen LogP contribution in [0.25, 0.3) is 0 Å². The Morgan fingerprint density at radius 1 is 1.36 bits per heavy atom. The van der Waals surface area contributed by atoms with Crippen LogP contribution < -0.4 is 4.90 Å². The molecule has 1 aliphatic rings. The maximum absolute atomic E-state index is 8.74. The van der Waals surface area contributed by atoms with Crippen molar-refractivity contribution in [3.63, 3.8) is 0 Å². The van der Waals surface area contributed by atoms with E-state index in [0.29, 0.717) is 5.56 Å². The van der Waals surface area contributed by atoms with E-state index >= 15 is 0 Å². The van der Waals surface area contributed by atoms with Gasteiger partial charge in [-0.05, 0) is 58.2 Å². The molecule has 2 heterocycles. The number of benzene rings is 1. The smallest absolute Gasteiger partial charge is 0.131 e. The van der Waals surface area contributed by atoms with Gasteiger partial charge in [0.1, 0.15) is 18.4 Å². The molecular weight excluding hydrogens is 346 g/mol. The fourth-order valence-corrected chi connectivity index (χ4v) is 2.31. The first-order valence-corrected chi connectivity index (χ1v) is 7.23. The summed E-state index contributed by atoms with van der Waals surface area (Å²) >= 11 is 3.40. The number of rotatable bonds is 0. The van der Waals surface area contributed by atoms with Gasteiger partial charge in [0.15, 0.2) is 0 Å². The molecule has 114 valence electrons. The summed E-state index contributed by atoms with van der Waals surface area (Å²) in [4.78, 5) is 14.5. The number of aromatic hydroxyl groups is 1. The summed E-state index contributed by atoms with van der Waals surface area (Å²) in [6.07, 6.45) is 2.97. The van der Waals surface area contributed by atoms with E-state index in [0.717, 1.165) is 23.3 Å². The Morgan fingerprint density at radius 2 is 2.00 bits per heavy atom. The van der Waals surface area contributed by atoms with Crippen LogP contribution in [-0.2, 0) is 11.2 Å². The number of pyridine rings is 1. The van der Waals surface area contributed by atoms with E-state index in [2.05, 4.69) is 38.9 Å². The van der Waals surface area contributed by atoms with Gasteiger partial charge < -0.3 is 14.8 Å². The fraction of sp³-hybridized carbons (Fsp3) is 0.188. The quantitative estimate of drug-likeness (QED) is 0.780. The molecule has 1 N–H and O–H groups in total. The van der Waals surface area contributed by atoms with Crippen LogP contribution in [0, 0.1) is 11.3 Å². The van der Waals surface area contributed by atoms with Crippen molar-refractivity contribution < 1.29 is 9.90 Å². The molecule has 6 heteroatoms. The maximum atomic E-state index is 8.74. The van der Waals surface area contributed by atoms with E-state index in [4.69, 9.17) is 15.2 Å². The number of fused-ring (bicyclic) bond motifs is 1. The lowest BCUT2D eigenvalue weighted by molar-refractivity contribution is -0.0979. The minimum atomic E-state index is 0.189. The van der Waals surface area contributed by atoms with Crippen LogP contribution in [0.3, 0.4) is 0 Å². The third-order valence-electron chi connectivity index (χ3n) is 2.98. The topological polar surface area (TPSA) is 77.2 Å². The van der Waals surface area contributed by atoms with Gasteiger partial charge in [-0.3, -0.25) is 0 Å². The molecule has 0 fully saturated rings. The Morgan fingerprint density at radius 3 is 2.59 bits per heavy atom. The Kier molecular flexibility index (Phi) is 7.06. The molecule has 1 aliphatic heterocycles. The van der Waals surface area contributed by atoms with Gasteiger partial charge in [0.2, 0.25) is 0 Å². The van der Waals surface area contributed by atoms with Gasteiger partial charge in [0.05, 0.1) is 11.6 Å². The van der Waals surface area contributed by atoms with E-state index in [1.54, 1.807) is 12.1 Å². The standard InChI is InChI=1S/C8H9BrN2.C7H5NO.CH2O/c1-11-3-2-6-4-7(9)5-10-8(6)11;8-5-6-1-3-7(9)4-2-6;1-2/h4-5H,2-3H2,1H3;1-4,9H;1H2. The first-order chi connectivity index (χ1) is 10.6. The van der Waals surface area contributed by atoms with Crippen LogP contribution in [0.1, 0.15) is 11.1 Å². The van der Waals surface area contributed by atoms with E-state index in [-0.39, 0.29) is 5.75 Å². The summed E-state index contributed by atoms with van der Waals surface area (Å²) < 4.78 is 1.08. The van der Waals surface area contributed by atoms with E-state index in [9.17, 15) is 0 Å². The number of hydrogen-bond acceptors (Lipinski definition) is 5. The molecule has 0 saturated heterocycles. The van der Waals surface area contributed by atoms with Crippen molar-refractivity contribution in [1.82, 2.24) is 4.98 Å². The normalized spacial score (nSPS) is 11.2. The molecule has 0 amide bonds. The minimum Gasteiger partial charge on any atom is -0.508 e. The lowest BCUT2D eigenvalue weighted by Gasteiger charge is -2.09. The highest BCUT2D eigenvalue weighted by Gasteiger charge is 2.16. The molecule has 0 radical (unpaired) electrons. The number of carbonyl (C=O) groups is 1. The molecule has 0 unspecified atom stereocenters. The summed E-state index contributed by atoms with van der Waals surface area (Å²) in [7, 11) is 2.08. The highest BCUT2D eigenvalue weighted by Crippen LogP contribution is 2.25. The number of anilines is 1. The second kappa shape index (κ2) is 8.80. The predicted molar refractivity (Wildman–Crippen MR) is 88.9 cm³/mol. The summed E-state index contributed by atoms with van der Waals surface area (Å²) in [6, 6.07) is 10.2. The molecule has 5 nitrogen and oxygen atoms in total. The van der Waals surface area contributed by atoms with Crippen molar-refractivity contribution >= 4 is 28.5 Å². The van der Waals surface area contributed by atoms with Gasteiger partial charge in [-0.15, -0.1) is 0 Å². The fourth-order valence-electron chi connectivity index (χ4n) is 1.93. The highest BCUT2D eigenvalue weighted by atomic mass is 79.9. The van der Waals surface area contributed by atoms with Gasteiger partial charge >= 0.3 is 0 Å². The van der Waals surface area contributed by atoms with Crippen molar-refractivity contribution in [2.24, 2.45) is 0 Å². The molecule has 22 heavy (non-hydrogen) atoms. The van der Waals surface area contributed by atoms with Crippen molar-refractivity contribution in [3.05, 3.63) is 52.1 Å². The lowest BCUT2D eigenvalue weighted by Crippen LogP contribution is -2.13. The molecular formula is C16H16BrN3O2. The Bertz CT molecular complexity index is 653. The number of nitriles is 1. The van der Waals surface area contributed by atoms with E-state index < -0.39 is 0 Å². The number of hydrogen-bond donors (Lipinski definition) is 1. The maximum Gasteiger partial charge on any atom is 0.131 e. The van der Waals surface area contributed by atoms with Gasteiger partial charge in [-0.2, -0.15) is 5.26 Å². The van der Waals surface area contributed by atoms with Crippen LogP contribution in [0.15, 0.2) is 41.0 Å². The summed E-state index contributed by atoms with van der Waals surface area (Å²) in [5, 5.41) is 17.0. The van der Waals surface area contributed by atoms with Crippen LogP contribution in [0.5, 0.6) is 5.75 Å². The number of likely N-dealkylation sites (N-methyl/N-ethyl adjacent to an activating group) is 1. The van der Waals surface area contributed by atoms with E-state index in [1.165, 1.54) is 17.7 Å². The molecule has 1 aromatic carbocycles. The summed E-state index contributed by atoms with van der Waals surface area (Å²) in [5.41, 5.74) is 1.91. The summed E-state index contributed by atoms with van der Waals surface area (Å²) in [5.74, 6) is 1.32. The number of nitrogens with zero attached hydrogens (tertiary/aromatic N) is 3. The molecule has 1 aromatic heterocycles. The van der Waals surface area contributed by atoms with Crippen molar-refractivity contribution in [3.8, 4) is 11.8 Å². The van der Waals surface area contributed by atoms with Crippen LogP contribution in [0.4, 0.5) is 5.82 Å². The lowest BCUT2D eigenvalue weighted by atomic mass is 10.2. The first kappa shape index (κ1) is 17.7. The first-order valence-electron chi connectivity index (χ1n) is 6.43. The SMILES string of the molecule is C=O.CN1CCc2cc(Br)cnc21.N#Cc1ccc(O)cc1. The number of phenolic OH excluding ortho intramolecular Hbond substituents is 1. The monoisotopic (exact) mass is 361 g/mol. The molecule has 2 aromatic rings. The third-order valence-corrected chi connectivity index (χ3v) is 3.42. The third kappa shape index (κ3) is 4.86. The largest absolute Gasteiger partial charge is 0.508 e. The molecule has 0 bridgehead atoms. The number of phenols is 1. The molecule has 3 rings (SSSR count). The number of carbonyl (C=O) groups excluding carboxylic acids is 1. The van der Waals surface area contributed by atoms with Crippen molar-refractivity contribution in [2.45, 2.75) is 6.42 Å². The van der Waals surface area contributed by atoms with Gasteiger partial charge in [0, 0.05) is 24.3 Å². The Hall–Kier alpha value is -2.39. The van der Waals surface area contributed by atoms with Crippen LogP contribution in [-0.4, -0.2) is 30.5 Å². The van der Waals surface area contributed by atoms with Crippen LogP contribution in [0.2, 0.25) is 0 Å². The zero-order valence-corrected chi connectivity index (χ0v) is 13.7. The zero-order valence-electron chi connectivity index (χ0n) is 12.2. The van der Waals surface area contributed by atoms with Crippen LogP contribution >= 0.6 is 15.9 Å². The predicted octanol–water partition coefficient (Wildman–Crippen LogP) is 2.92. The molecule has 0 aliphatic carbocycles. The Balaban J connectivity index is 0.000000202.